The van der Waals surface area contributed by atoms with Crippen molar-refractivity contribution < 1.29 is 14.4 Å². The fourth-order valence-corrected chi connectivity index (χ4v) is 4.55. The van der Waals surface area contributed by atoms with Crippen molar-refractivity contribution >= 4 is 29.4 Å². The lowest BCUT2D eigenvalue weighted by molar-refractivity contribution is 0.0826. The van der Waals surface area contributed by atoms with Crippen molar-refractivity contribution in [3.63, 3.8) is 0 Å². The van der Waals surface area contributed by atoms with Gasteiger partial charge in [-0.25, -0.2) is 9.78 Å². The Labute approximate surface area is 222 Å². The third-order valence-corrected chi connectivity index (χ3v) is 6.51. The monoisotopic (exact) mass is 518 g/mol. The van der Waals surface area contributed by atoms with Crippen LogP contribution in [0.5, 0.6) is 0 Å². The van der Waals surface area contributed by atoms with E-state index in [0.29, 0.717) is 30.0 Å². The SMILES string of the molecule is CC1CN(c2ccc(C(=O)N(C)C)cn2)Cc2c(C(=O)NCc3ccc(NC(=O)N(C)C)cc3)nn(C)c21. The lowest BCUT2D eigenvalue weighted by atomic mass is 9.96. The number of nitrogens with zero attached hydrogens (tertiary/aromatic N) is 6. The molecule has 1 aliphatic heterocycles. The van der Waals surface area contributed by atoms with Crippen LogP contribution in [0.4, 0.5) is 16.3 Å². The van der Waals surface area contributed by atoms with Crippen LogP contribution in [0.25, 0.3) is 0 Å². The van der Waals surface area contributed by atoms with Crippen LogP contribution in [-0.4, -0.2) is 77.1 Å². The van der Waals surface area contributed by atoms with Gasteiger partial charge in [-0.1, -0.05) is 19.1 Å². The first-order valence-electron chi connectivity index (χ1n) is 12.4. The molecule has 4 rings (SSSR count). The van der Waals surface area contributed by atoms with E-state index in [0.717, 1.165) is 29.2 Å². The molecule has 0 radical (unpaired) electrons. The summed E-state index contributed by atoms with van der Waals surface area (Å²) in [5.74, 6) is 0.528. The summed E-state index contributed by atoms with van der Waals surface area (Å²) >= 11 is 0. The third kappa shape index (κ3) is 5.61. The zero-order valence-electron chi connectivity index (χ0n) is 22.6. The molecule has 1 unspecified atom stereocenters. The minimum Gasteiger partial charge on any atom is -0.351 e. The zero-order valence-corrected chi connectivity index (χ0v) is 22.6. The molecular weight excluding hydrogens is 484 g/mol. The Kier molecular flexibility index (Phi) is 7.65. The van der Waals surface area contributed by atoms with Gasteiger partial charge in [0.15, 0.2) is 5.69 Å². The van der Waals surface area contributed by atoms with Crippen LogP contribution in [0.2, 0.25) is 0 Å². The van der Waals surface area contributed by atoms with Gasteiger partial charge >= 0.3 is 6.03 Å². The molecule has 0 saturated carbocycles. The molecule has 3 aromatic rings. The van der Waals surface area contributed by atoms with E-state index < -0.39 is 0 Å². The highest BCUT2D eigenvalue weighted by Gasteiger charge is 2.32. The number of hydrogen-bond donors (Lipinski definition) is 2. The summed E-state index contributed by atoms with van der Waals surface area (Å²) < 4.78 is 1.79. The maximum absolute atomic E-state index is 13.2. The number of carbonyl (C=O) groups excluding carboxylic acids is 3. The number of benzene rings is 1. The zero-order chi connectivity index (χ0) is 27.6. The highest BCUT2D eigenvalue weighted by Crippen LogP contribution is 2.32. The van der Waals surface area contributed by atoms with Gasteiger partial charge in [-0.05, 0) is 29.8 Å². The molecule has 200 valence electrons. The van der Waals surface area contributed by atoms with E-state index in [4.69, 9.17) is 0 Å². The Bertz CT molecular complexity index is 1330. The Hall–Kier alpha value is -4.41. The fourth-order valence-electron chi connectivity index (χ4n) is 4.55. The van der Waals surface area contributed by atoms with Gasteiger partial charge in [0.1, 0.15) is 5.82 Å². The van der Waals surface area contributed by atoms with Gasteiger partial charge in [0.2, 0.25) is 0 Å². The highest BCUT2D eigenvalue weighted by molar-refractivity contribution is 5.95. The summed E-state index contributed by atoms with van der Waals surface area (Å²) in [4.78, 5) is 46.8. The molecule has 38 heavy (non-hydrogen) atoms. The van der Waals surface area contributed by atoms with Crippen molar-refractivity contribution in [1.29, 1.82) is 0 Å². The van der Waals surface area contributed by atoms with E-state index in [1.807, 2.05) is 25.2 Å². The van der Waals surface area contributed by atoms with Crippen molar-refractivity contribution in [2.24, 2.45) is 7.05 Å². The maximum Gasteiger partial charge on any atom is 0.321 e. The number of pyridine rings is 1. The van der Waals surface area contributed by atoms with E-state index in [1.165, 1.54) is 9.80 Å². The van der Waals surface area contributed by atoms with Crippen molar-refractivity contribution in [3.8, 4) is 0 Å². The normalized spacial score (nSPS) is 14.5. The lowest BCUT2D eigenvalue weighted by Gasteiger charge is -2.32. The van der Waals surface area contributed by atoms with E-state index in [9.17, 15) is 14.4 Å². The highest BCUT2D eigenvalue weighted by atomic mass is 16.2. The van der Waals surface area contributed by atoms with Crippen LogP contribution >= 0.6 is 0 Å². The second-order valence-electron chi connectivity index (χ2n) is 9.93. The van der Waals surface area contributed by atoms with Crippen LogP contribution < -0.4 is 15.5 Å². The van der Waals surface area contributed by atoms with Gasteiger partial charge in [0.05, 0.1) is 5.56 Å². The van der Waals surface area contributed by atoms with Crippen molar-refractivity contribution in [2.45, 2.75) is 25.9 Å². The van der Waals surface area contributed by atoms with Crippen LogP contribution in [0.3, 0.4) is 0 Å². The molecule has 2 N–H and O–H groups in total. The number of aromatic nitrogens is 3. The number of carbonyl (C=O) groups is 3. The molecule has 4 amide bonds. The number of rotatable bonds is 6. The minimum atomic E-state index is -0.249. The molecular formula is C27H34N8O3. The molecule has 11 heteroatoms. The predicted octanol–water partition coefficient (Wildman–Crippen LogP) is 2.66. The van der Waals surface area contributed by atoms with Crippen molar-refractivity contribution in [1.82, 2.24) is 29.9 Å². The molecule has 1 aromatic carbocycles. The van der Waals surface area contributed by atoms with Crippen LogP contribution in [0, 0.1) is 0 Å². The van der Waals surface area contributed by atoms with E-state index in [2.05, 4.69) is 32.5 Å². The summed E-state index contributed by atoms with van der Waals surface area (Å²) in [5.41, 5.74) is 4.41. The van der Waals surface area contributed by atoms with Gasteiger partial charge < -0.3 is 25.3 Å². The molecule has 0 fully saturated rings. The average Bonchev–Trinajstić information content (AvgIpc) is 3.24. The van der Waals surface area contributed by atoms with Crippen molar-refractivity contribution in [3.05, 3.63) is 70.7 Å². The molecule has 1 atom stereocenters. The van der Waals surface area contributed by atoms with Crippen LogP contribution in [0.15, 0.2) is 42.6 Å². The number of amides is 4. The molecule has 0 aliphatic carbocycles. The Morgan fingerprint density at radius 1 is 1.03 bits per heavy atom. The number of hydrogen-bond acceptors (Lipinski definition) is 6. The summed E-state index contributed by atoms with van der Waals surface area (Å²) in [6, 6.07) is 10.7. The molecule has 0 bridgehead atoms. The first-order chi connectivity index (χ1) is 18.0. The molecule has 11 nitrogen and oxygen atoms in total. The average molecular weight is 519 g/mol. The van der Waals surface area contributed by atoms with Gasteiger partial charge in [-0.2, -0.15) is 5.10 Å². The summed E-state index contributed by atoms with van der Waals surface area (Å²) in [7, 11) is 8.63. The van der Waals surface area contributed by atoms with E-state index in [1.54, 1.807) is 57.3 Å². The number of fused-ring (bicyclic) bond motifs is 1. The second-order valence-corrected chi connectivity index (χ2v) is 9.93. The number of nitrogens with one attached hydrogen (secondary N) is 2. The quantitative estimate of drug-likeness (QED) is 0.518. The van der Waals surface area contributed by atoms with E-state index in [-0.39, 0.29) is 23.8 Å². The van der Waals surface area contributed by atoms with Crippen molar-refractivity contribution in [2.75, 3.05) is 45.0 Å². The maximum atomic E-state index is 13.2. The van der Waals surface area contributed by atoms with E-state index >= 15 is 0 Å². The lowest BCUT2D eigenvalue weighted by Crippen LogP contribution is -2.35. The van der Waals surface area contributed by atoms with Gasteiger partial charge in [0, 0.05) is 83.9 Å². The number of urea groups is 1. The predicted molar refractivity (Wildman–Crippen MR) is 145 cm³/mol. The minimum absolute atomic E-state index is 0.0995. The first-order valence-corrected chi connectivity index (χ1v) is 12.4. The van der Waals surface area contributed by atoms with Gasteiger partial charge in [-0.15, -0.1) is 0 Å². The smallest absolute Gasteiger partial charge is 0.321 e. The molecule has 0 saturated heterocycles. The third-order valence-electron chi connectivity index (χ3n) is 6.51. The van der Waals surface area contributed by atoms with Crippen LogP contribution in [0.1, 0.15) is 50.5 Å². The van der Waals surface area contributed by atoms with Gasteiger partial charge in [-0.3, -0.25) is 14.3 Å². The Balaban J connectivity index is 1.46. The summed E-state index contributed by atoms with van der Waals surface area (Å²) in [6.07, 6.45) is 1.59. The van der Waals surface area contributed by atoms with Crippen LogP contribution in [-0.2, 0) is 20.1 Å². The molecule has 1 aliphatic rings. The number of anilines is 2. The molecule has 3 heterocycles. The fraction of sp³-hybridized carbons (Fsp3) is 0.370. The molecule has 2 aromatic heterocycles. The molecule has 0 spiro atoms. The summed E-state index contributed by atoms with van der Waals surface area (Å²) in [6.45, 7) is 3.64. The first kappa shape index (κ1) is 26.6. The Morgan fingerprint density at radius 2 is 1.74 bits per heavy atom. The second kappa shape index (κ2) is 10.9. The van der Waals surface area contributed by atoms with Gasteiger partial charge in [0.25, 0.3) is 11.8 Å². The topological polar surface area (TPSA) is 116 Å². The summed E-state index contributed by atoms with van der Waals surface area (Å²) in [5, 5.41) is 10.3. The largest absolute Gasteiger partial charge is 0.351 e. The standard InChI is InChI=1S/C27H34N8O3/c1-17-15-35(22-12-9-19(14-28-22)26(37)32(2)3)16-21-23(31-34(6)24(17)21)25(36)29-13-18-7-10-20(11-8-18)30-27(38)33(4)5/h7-12,14,17H,13,15-16H2,1-6H3,(H,29,36)(H,30,38). The Morgan fingerprint density at radius 3 is 2.34 bits per heavy atom. The number of aryl methyl sites for hydroxylation is 1.